The van der Waals surface area contributed by atoms with E-state index in [4.69, 9.17) is 0 Å². The van der Waals surface area contributed by atoms with E-state index < -0.39 is 7.92 Å². The monoisotopic (exact) mass is 291 g/mol. The molecule has 0 aliphatic rings. The van der Waals surface area contributed by atoms with Gasteiger partial charge in [0.15, 0.2) is 6.29 Å². The van der Waals surface area contributed by atoms with Crippen molar-refractivity contribution < 1.29 is 4.79 Å². The minimum Gasteiger partial charge on any atom is -0.296 e. The average molecular weight is 291 g/mol. The van der Waals surface area contributed by atoms with Crippen molar-refractivity contribution in [2.45, 2.75) is 0 Å². The van der Waals surface area contributed by atoms with Gasteiger partial charge in [0.2, 0.25) is 0 Å². The van der Waals surface area contributed by atoms with Crippen LogP contribution in [0.2, 0.25) is 0 Å². The zero-order chi connectivity index (χ0) is 14.5. The largest absolute Gasteiger partial charge is 0.296 e. The van der Waals surface area contributed by atoms with E-state index in [1.54, 1.807) is 6.07 Å². The molecule has 0 spiro atoms. The second-order valence-corrected chi connectivity index (χ2v) is 6.71. The van der Waals surface area contributed by atoms with Crippen LogP contribution in [0.4, 0.5) is 0 Å². The molecule has 0 radical (unpaired) electrons. The van der Waals surface area contributed by atoms with Gasteiger partial charge in [-0.25, -0.2) is 4.98 Å². The van der Waals surface area contributed by atoms with Gasteiger partial charge in [-0.05, 0) is 22.7 Å². The summed E-state index contributed by atoms with van der Waals surface area (Å²) < 4.78 is 0. The molecule has 0 saturated carbocycles. The number of carbonyl (C=O) groups excluding carboxylic acids is 1. The van der Waals surface area contributed by atoms with E-state index in [0.29, 0.717) is 5.69 Å². The summed E-state index contributed by atoms with van der Waals surface area (Å²) in [5.41, 5.74) is 1.43. The average Bonchev–Trinajstić information content (AvgIpc) is 2.57. The van der Waals surface area contributed by atoms with E-state index in [-0.39, 0.29) is 0 Å². The maximum Gasteiger partial charge on any atom is 0.168 e. The Balaban J connectivity index is 2.14. The number of hydrogen-bond donors (Lipinski definition) is 0. The zero-order valence-corrected chi connectivity index (χ0v) is 12.3. The lowest BCUT2D eigenvalue weighted by Crippen LogP contribution is -2.23. The van der Waals surface area contributed by atoms with E-state index in [2.05, 4.69) is 29.2 Å². The third-order valence-corrected chi connectivity index (χ3v) is 5.47. The summed E-state index contributed by atoms with van der Waals surface area (Å²) >= 11 is 0. The van der Waals surface area contributed by atoms with Crippen LogP contribution in [0.25, 0.3) is 0 Å². The van der Waals surface area contributed by atoms with Gasteiger partial charge in [0.05, 0.1) is 5.44 Å². The van der Waals surface area contributed by atoms with Gasteiger partial charge in [0.25, 0.3) is 0 Å². The second kappa shape index (κ2) is 6.43. The fourth-order valence-corrected chi connectivity index (χ4v) is 4.42. The van der Waals surface area contributed by atoms with Gasteiger partial charge in [0.1, 0.15) is 5.69 Å². The third-order valence-electron chi connectivity index (χ3n) is 3.13. The zero-order valence-electron chi connectivity index (χ0n) is 11.4. The van der Waals surface area contributed by atoms with Crippen LogP contribution in [0, 0.1) is 0 Å². The number of nitrogens with zero attached hydrogens (tertiary/aromatic N) is 1. The molecule has 1 aromatic heterocycles. The van der Waals surface area contributed by atoms with Gasteiger partial charge in [-0.2, -0.15) is 0 Å². The molecule has 0 amide bonds. The minimum absolute atomic E-state index is 0.479. The van der Waals surface area contributed by atoms with Crippen molar-refractivity contribution >= 4 is 30.3 Å². The lowest BCUT2D eigenvalue weighted by atomic mass is 10.4. The molecule has 0 atom stereocenters. The van der Waals surface area contributed by atoms with E-state index in [1.165, 1.54) is 10.6 Å². The summed E-state index contributed by atoms with van der Waals surface area (Å²) in [5.74, 6) is 0. The molecule has 3 heteroatoms. The summed E-state index contributed by atoms with van der Waals surface area (Å²) in [4.78, 5) is 15.5. The van der Waals surface area contributed by atoms with E-state index in [9.17, 15) is 4.79 Å². The molecule has 2 nitrogen and oxygen atoms in total. The number of aromatic nitrogens is 1. The lowest BCUT2D eigenvalue weighted by molar-refractivity contribution is 0.111. The molecule has 0 unspecified atom stereocenters. The van der Waals surface area contributed by atoms with Crippen molar-refractivity contribution in [3.63, 3.8) is 0 Å². The smallest absolute Gasteiger partial charge is 0.168 e. The van der Waals surface area contributed by atoms with Crippen LogP contribution in [0.3, 0.4) is 0 Å². The predicted molar refractivity (Wildman–Crippen MR) is 88.3 cm³/mol. The molecule has 102 valence electrons. The number of benzene rings is 2. The fraction of sp³-hybridized carbons (Fsp3) is 0. The van der Waals surface area contributed by atoms with Gasteiger partial charge in [0, 0.05) is 7.92 Å². The molecule has 2 aromatic carbocycles. The topological polar surface area (TPSA) is 30.0 Å². The van der Waals surface area contributed by atoms with Gasteiger partial charge in [-0.3, -0.25) is 4.79 Å². The van der Waals surface area contributed by atoms with Crippen molar-refractivity contribution in [3.05, 3.63) is 84.6 Å². The maximum absolute atomic E-state index is 11.0. The maximum atomic E-state index is 11.0. The molecular formula is C18H14NOP. The van der Waals surface area contributed by atoms with Crippen LogP contribution in [0.5, 0.6) is 0 Å². The van der Waals surface area contributed by atoms with Gasteiger partial charge in [-0.1, -0.05) is 66.7 Å². The van der Waals surface area contributed by atoms with Crippen LogP contribution < -0.4 is 16.0 Å². The molecule has 1 heterocycles. The number of rotatable bonds is 4. The van der Waals surface area contributed by atoms with Crippen molar-refractivity contribution in [3.8, 4) is 0 Å². The summed E-state index contributed by atoms with van der Waals surface area (Å²) in [6.07, 6.45) is 0.799. The predicted octanol–water partition coefficient (Wildman–Crippen LogP) is 2.65. The van der Waals surface area contributed by atoms with E-state index in [1.807, 2.05) is 48.5 Å². The fourth-order valence-electron chi connectivity index (χ4n) is 2.20. The van der Waals surface area contributed by atoms with Gasteiger partial charge >= 0.3 is 0 Å². The number of pyridine rings is 1. The first-order chi connectivity index (χ1) is 10.4. The number of aldehydes is 1. The Bertz CT molecular complexity index is 689. The summed E-state index contributed by atoms with van der Waals surface area (Å²) in [6, 6.07) is 26.3. The molecular weight excluding hydrogens is 277 g/mol. The van der Waals surface area contributed by atoms with Gasteiger partial charge < -0.3 is 0 Å². The molecule has 3 aromatic rings. The van der Waals surface area contributed by atoms with Crippen LogP contribution in [-0.4, -0.2) is 11.3 Å². The van der Waals surface area contributed by atoms with Crippen molar-refractivity contribution in [2.24, 2.45) is 0 Å². The van der Waals surface area contributed by atoms with Crippen LogP contribution >= 0.6 is 7.92 Å². The Morgan fingerprint density at radius 2 is 1.29 bits per heavy atom. The lowest BCUT2D eigenvalue weighted by Gasteiger charge is -2.18. The minimum atomic E-state index is -0.738. The summed E-state index contributed by atoms with van der Waals surface area (Å²) in [5, 5.41) is 2.46. The first-order valence-electron chi connectivity index (χ1n) is 6.71. The molecule has 21 heavy (non-hydrogen) atoms. The van der Waals surface area contributed by atoms with Gasteiger partial charge in [-0.15, -0.1) is 0 Å². The number of hydrogen-bond acceptors (Lipinski definition) is 2. The normalized spacial score (nSPS) is 10.5. The van der Waals surface area contributed by atoms with Crippen molar-refractivity contribution in [2.75, 3.05) is 0 Å². The number of carbonyl (C=O) groups is 1. The highest BCUT2D eigenvalue weighted by Crippen LogP contribution is 2.31. The Morgan fingerprint density at radius 1 is 0.714 bits per heavy atom. The van der Waals surface area contributed by atoms with Crippen LogP contribution in [-0.2, 0) is 0 Å². The van der Waals surface area contributed by atoms with E-state index >= 15 is 0 Å². The van der Waals surface area contributed by atoms with E-state index in [0.717, 1.165) is 11.7 Å². The third kappa shape index (κ3) is 3.07. The SMILES string of the molecule is O=Cc1cccc(P(c2ccccc2)c2ccccc2)n1. The standard InChI is InChI=1S/C18H14NOP/c20-14-15-8-7-13-18(19-15)21(16-9-3-1-4-10-16)17-11-5-2-6-12-17/h1-14H. The first-order valence-corrected chi connectivity index (χ1v) is 8.05. The summed E-state index contributed by atoms with van der Waals surface area (Å²) in [6.45, 7) is 0. The summed E-state index contributed by atoms with van der Waals surface area (Å²) in [7, 11) is -0.738. The Morgan fingerprint density at radius 3 is 1.81 bits per heavy atom. The quantitative estimate of drug-likeness (QED) is 0.546. The highest BCUT2D eigenvalue weighted by atomic mass is 31.1. The second-order valence-electron chi connectivity index (χ2n) is 4.55. The highest BCUT2D eigenvalue weighted by molar-refractivity contribution is 7.79. The Kier molecular flexibility index (Phi) is 4.18. The molecule has 0 aliphatic heterocycles. The Hall–Kier alpha value is -2.31. The van der Waals surface area contributed by atoms with Crippen LogP contribution in [0.1, 0.15) is 10.5 Å². The molecule has 3 rings (SSSR count). The Labute approximate surface area is 125 Å². The molecule has 0 bridgehead atoms. The molecule has 0 saturated heterocycles. The highest BCUT2D eigenvalue weighted by Gasteiger charge is 2.17. The molecule has 0 N–H and O–H groups in total. The first kappa shape index (κ1) is 13.7. The molecule has 0 fully saturated rings. The van der Waals surface area contributed by atoms with Crippen molar-refractivity contribution in [1.29, 1.82) is 0 Å². The van der Waals surface area contributed by atoms with Crippen molar-refractivity contribution in [1.82, 2.24) is 4.98 Å². The van der Waals surface area contributed by atoms with Crippen LogP contribution in [0.15, 0.2) is 78.9 Å². The molecule has 0 aliphatic carbocycles.